The average molecular weight is 169 g/mol. The average Bonchev–Trinajstić information content (AvgIpc) is 2.06. The molecule has 1 aliphatic carbocycles. The highest BCUT2D eigenvalue weighted by Crippen LogP contribution is 2.25. The van der Waals surface area contributed by atoms with E-state index in [0.29, 0.717) is 0 Å². The molecule has 3 N–H and O–H groups in total. The standard InChI is InChI=1S/C9H15NO2/c1-9(10,8(11)12)7-5-3-2-4-6-7/h5H,2-4,6,10H2,1H3,(H,11,12)/t9-/m1/s1. The van der Waals surface area contributed by atoms with Crippen LogP contribution in [0.15, 0.2) is 11.6 Å². The molecule has 0 aromatic carbocycles. The summed E-state index contributed by atoms with van der Waals surface area (Å²) in [5, 5.41) is 8.83. The maximum absolute atomic E-state index is 10.8. The molecule has 0 bridgehead atoms. The van der Waals surface area contributed by atoms with Crippen LogP contribution in [0.3, 0.4) is 0 Å². The predicted molar refractivity (Wildman–Crippen MR) is 46.8 cm³/mol. The molecule has 12 heavy (non-hydrogen) atoms. The monoisotopic (exact) mass is 169 g/mol. The second-order valence-corrected chi connectivity index (χ2v) is 3.48. The van der Waals surface area contributed by atoms with E-state index in [1.165, 1.54) is 0 Å². The van der Waals surface area contributed by atoms with Crippen molar-refractivity contribution in [3.63, 3.8) is 0 Å². The Labute approximate surface area is 72.3 Å². The normalized spacial score (nSPS) is 22.7. The highest BCUT2D eigenvalue weighted by Gasteiger charge is 2.32. The van der Waals surface area contributed by atoms with E-state index in [1.54, 1.807) is 6.92 Å². The minimum Gasteiger partial charge on any atom is -0.480 e. The molecule has 68 valence electrons. The molecule has 0 amide bonds. The quantitative estimate of drug-likeness (QED) is 0.612. The Hall–Kier alpha value is -0.830. The highest BCUT2D eigenvalue weighted by molar-refractivity contribution is 5.82. The van der Waals surface area contributed by atoms with Gasteiger partial charge < -0.3 is 10.8 Å². The number of hydrogen-bond acceptors (Lipinski definition) is 2. The first-order valence-corrected chi connectivity index (χ1v) is 4.27. The number of hydrogen-bond donors (Lipinski definition) is 2. The lowest BCUT2D eigenvalue weighted by molar-refractivity contribution is -0.141. The second-order valence-electron chi connectivity index (χ2n) is 3.48. The van der Waals surface area contributed by atoms with Crippen molar-refractivity contribution in [2.75, 3.05) is 0 Å². The van der Waals surface area contributed by atoms with E-state index in [-0.39, 0.29) is 0 Å². The van der Waals surface area contributed by atoms with Gasteiger partial charge in [0.05, 0.1) is 0 Å². The largest absolute Gasteiger partial charge is 0.480 e. The van der Waals surface area contributed by atoms with Gasteiger partial charge in [0.25, 0.3) is 0 Å². The molecule has 0 saturated heterocycles. The van der Waals surface area contributed by atoms with Crippen LogP contribution in [0.5, 0.6) is 0 Å². The Morgan fingerprint density at radius 1 is 1.67 bits per heavy atom. The summed E-state index contributed by atoms with van der Waals surface area (Å²) in [4.78, 5) is 10.8. The summed E-state index contributed by atoms with van der Waals surface area (Å²) in [6.45, 7) is 1.56. The van der Waals surface area contributed by atoms with Crippen molar-refractivity contribution in [3.8, 4) is 0 Å². The molecule has 1 aliphatic rings. The topological polar surface area (TPSA) is 63.3 Å². The smallest absolute Gasteiger partial charge is 0.327 e. The molecule has 0 unspecified atom stereocenters. The van der Waals surface area contributed by atoms with Crippen LogP contribution in [-0.2, 0) is 4.79 Å². The zero-order valence-electron chi connectivity index (χ0n) is 7.34. The summed E-state index contributed by atoms with van der Waals surface area (Å²) in [5.41, 5.74) is 5.39. The van der Waals surface area contributed by atoms with Crippen molar-refractivity contribution >= 4 is 5.97 Å². The Morgan fingerprint density at radius 2 is 2.33 bits per heavy atom. The van der Waals surface area contributed by atoms with Crippen LogP contribution in [0.25, 0.3) is 0 Å². The predicted octanol–water partition coefficient (Wildman–Crippen LogP) is 1.29. The fourth-order valence-corrected chi connectivity index (χ4v) is 1.45. The number of nitrogens with two attached hydrogens (primary N) is 1. The van der Waals surface area contributed by atoms with E-state index < -0.39 is 11.5 Å². The maximum atomic E-state index is 10.8. The lowest BCUT2D eigenvalue weighted by Gasteiger charge is -2.25. The molecule has 3 heteroatoms. The highest BCUT2D eigenvalue weighted by atomic mass is 16.4. The first-order chi connectivity index (χ1) is 5.55. The number of carbonyl (C=O) groups is 1. The summed E-state index contributed by atoms with van der Waals surface area (Å²) < 4.78 is 0. The number of carboxylic acid groups (broad SMARTS) is 1. The Morgan fingerprint density at radius 3 is 2.75 bits per heavy atom. The van der Waals surface area contributed by atoms with Crippen LogP contribution < -0.4 is 5.73 Å². The lowest BCUT2D eigenvalue weighted by Crippen LogP contribution is -2.47. The van der Waals surface area contributed by atoms with Gasteiger partial charge in [-0.15, -0.1) is 0 Å². The third-order valence-electron chi connectivity index (χ3n) is 2.40. The molecule has 0 spiro atoms. The van der Waals surface area contributed by atoms with Gasteiger partial charge in [-0.1, -0.05) is 6.08 Å². The molecule has 0 aromatic rings. The molecule has 1 atom stereocenters. The van der Waals surface area contributed by atoms with Crippen molar-refractivity contribution in [2.45, 2.75) is 38.1 Å². The molecule has 0 radical (unpaired) electrons. The van der Waals surface area contributed by atoms with Crippen LogP contribution in [0.1, 0.15) is 32.6 Å². The molecule has 0 fully saturated rings. The number of allylic oxidation sites excluding steroid dienone is 1. The van der Waals surface area contributed by atoms with Crippen LogP contribution in [-0.4, -0.2) is 16.6 Å². The van der Waals surface area contributed by atoms with Gasteiger partial charge in [-0.05, 0) is 38.2 Å². The van der Waals surface area contributed by atoms with Crippen molar-refractivity contribution in [1.29, 1.82) is 0 Å². The van der Waals surface area contributed by atoms with Crippen LogP contribution >= 0.6 is 0 Å². The van der Waals surface area contributed by atoms with Gasteiger partial charge >= 0.3 is 5.97 Å². The molecule has 0 aliphatic heterocycles. The van der Waals surface area contributed by atoms with Crippen molar-refractivity contribution < 1.29 is 9.90 Å². The molecule has 3 nitrogen and oxygen atoms in total. The van der Waals surface area contributed by atoms with E-state index >= 15 is 0 Å². The summed E-state index contributed by atoms with van der Waals surface area (Å²) >= 11 is 0. The Bertz CT molecular complexity index is 219. The first-order valence-electron chi connectivity index (χ1n) is 4.27. The lowest BCUT2D eigenvalue weighted by atomic mass is 9.85. The van der Waals surface area contributed by atoms with E-state index in [0.717, 1.165) is 31.3 Å². The molecule has 0 saturated carbocycles. The first kappa shape index (κ1) is 9.26. The number of aliphatic carboxylic acids is 1. The maximum Gasteiger partial charge on any atom is 0.327 e. The summed E-state index contributed by atoms with van der Waals surface area (Å²) in [6.07, 6.45) is 5.98. The zero-order chi connectivity index (χ0) is 9.19. The van der Waals surface area contributed by atoms with Gasteiger partial charge in [-0.25, -0.2) is 4.79 Å². The molecular formula is C9H15NO2. The molecule has 0 aromatic heterocycles. The minimum atomic E-state index is -1.15. The fraction of sp³-hybridized carbons (Fsp3) is 0.667. The molecular weight excluding hydrogens is 154 g/mol. The van der Waals surface area contributed by atoms with E-state index in [4.69, 9.17) is 10.8 Å². The Kier molecular flexibility index (Phi) is 2.52. The third-order valence-corrected chi connectivity index (χ3v) is 2.40. The number of carboxylic acids is 1. The van der Waals surface area contributed by atoms with Crippen molar-refractivity contribution in [2.24, 2.45) is 5.73 Å². The van der Waals surface area contributed by atoms with Gasteiger partial charge in [0, 0.05) is 0 Å². The van der Waals surface area contributed by atoms with E-state index in [2.05, 4.69) is 0 Å². The van der Waals surface area contributed by atoms with Crippen molar-refractivity contribution in [1.82, 2.24) is 0 Å². The van der Waals surface area contributed by atoms with Gasteiger partial charge in [-0.3, -0.25) is 0 Å². The van der Waals surface area contributed by atoms with Gasteiger partial charge in [0.1, 0.15) is 5.54 Å². The molecule has 0 heterocycles. The fourth-order valence-electron chi connectivity index (χ4n) is 1.45. The summed E-state index contributed by atoms with van der Waals surface area (Å²) in [6, 6.07) is 0. The third kappa shape index (κ3) is 1.67. The van der Waals surface area contributed by atoms with Crippen LogP contribution in [0.4, 0.5) is 0 Å². The van der Waals surface area contributed by atoms with Crippen LogP contribution in [0, 0.1) is 0 Å². The van der Waals surface area contributed by atoms with Gasteiger partial charge in [0.15, 0.2) is 0 Å². The minimum absolute atomic E-state index is 0.833. The number of rotatable bonds is 2. The second kappa shape index (κ2) is 3.27. The van der Waals surface area contributed by atoms with Gasteiger partial charge in [0.2, 0.25) is 0 Å². The SMILES string of the molecule is C[C@](N)(C(=O)O)C1=CCCCC1. The zero-order valence-corrected chi connectivity index (χ0v) is 7.34. The van der Waals surface area contributed by atoms with E-state index in [9.17, 15) is 4.79 Å². The van der Waals surface area contributed by atoms with E-state index in [1.807, 2.05) is 6.08 Å². The Balaban J connectivity index is 2.79. The molecule has 1 rings (SSSR count). The summed E-state index contributed by atoms with van der Waals surface area (Å²) in [7, 11) is 0. The van der Waals surface area contributed by atoms with Crippen molar-refractivity contribution in [3.05, 3.63) is 11.6 Å². The van der Waals surface area contributed by atoms with Gasteiger partial charge in [-0.2, -0.15) is 0 Å². The summed E-state index contributed by atoms with van der Waals surface area (Å²) in [5.74, 6) is -0.935. The van der Waals surface area contributed by atoms with Crippen LogP contribution in [0.2, 0.25) is 0 Å².